The summed E-state index contributed by atoms with van der Waals surface area (Å²) in [5.41, 5.74) is 0.954. The predicted molar refractivity (Wildman–Crippen MR) is 125 cm³/mol. The van der Waals surface area contributed by atoms with E-state index in [1.165, 1.54) is 17.0 Å². The van der Waals surface area contributed by atoms with Gasteiger partial charge in [-0.25, -0.2) is 18.7 Å². The van der Waals surface area contributed by atoms with E-state index in [9.17, 15) is 26.7 Å². The van der Waals surface area contributed by atoms with Gasteiger partial charge >= 0.3 is 6.18 Å². The van der Waals surface area contributed by atoms with Crippen molar-refractivity contribution < 1.29 is 26.7 Å². The molecule has 3 heterocycles. The van der Waals surface area contributed by atoms with Gasteiger partial charge in [0.25, 0.3) is 5.92 Å². The third-order valence-corrected chi connectivity index (χ3v) is 5.96. The molecule has 1 aliphatic rings. The molecule has 8 nitrogen and oxygen atoms in total. The molecule has 192 valence electrons. The summed E-state index contributed by atoms with van der Waals surface area (Å²) in [5.74, 6) is -2.72. The smallest absolute Gasteiger partial charge is 0.350 e. The van der Waals surface area contributed by atoms with Gasteiger partial charge in [0.05, 0.1) is 12.2 Å². The summed E-state index contributed by atoms with van der Waals surface area (Å²) >= 11 is 1.14. The van der Waals surface area contributed by atoms with Crippen LogP contribution >= 0.6 is 11.8 Å². The van der Waals surface area contributed by atoms with Crippen LogP contribution in [0.5, 0.6) is 0 Å². The first-order chi connectivity index (χ1) is 16.9. The third-order valence-electron chi connectivity index (χ3n) is 5.09. The van der Waals surface area contributed by atoms with E-state index in [2.05, 4.69) is 30.8 Å². The molecule has 2 aromatic heterocycles. The van der Waals surface area contributed by atoms with Crippen LogP contribution < -0.4 is 15.5 Å². The van der Waals surface area contributed by atoms with Gasteiger partial charge in [0, 0.05) is 35.7 Å². The number of aromatic nitrogens is 4. The number of carbonyl (C=O) groups excluding carboxylic acids is 1. The SMILES string of the molecule is Cc1cc(Nc2cc(N3CCCC(F)(F)C3)nc(Sc3ccc(NC(=O)CC(F)(F)F)cc3)n2)[nH]n1. The molecule has 0 saturated carbocycles. The van der Waals surface area contributed by atoms with Gasteiger partial charge in [-0.15, -0.1) is 0 Å². The summed E-state index contributed by atoms with van der Waals surface area (Å²) in [6.07, 6.45) is -6.03. The number of H-pyrrole nitrogens is 1. The molecule has 0 bridgehead atoms. The highest BCUT2D eigenvalue weighted by Gasteiger charge is 2.36. The quantitative estimate of drug-likeness (QED) is 0.275. The van der Waals surface area contributed by atoms with Gasteiger partial charge in [0.15, 0.2) is 5.16 Å². The molecular formula is C22H22F5N7OS. The highest BCUT2D eigenvalue weighted by Crippen LogP contribution is 2.33. The number of carbonyl (C=O) groups is 1. The largest absolute Gasteiger partial charge is 0.397 e. The number of nitrogens with zero attached hydrogens (tertiary/aromatic N) is 4. The van der Waals surface area contributed by atoms with Crippen LogP contribution in [-0.4, -0.2) is 51.3 Å². The molecule has 1 aliphatic heterocycles. The maximum Gasteiger partial charge on any atom is 0.397 e. The number of aromatic amines is 1. The Labute approximate surface area is 207 Å². The number of rotatable bonds is 7. The molecular weight excluding hydrogens is 505 g/mol. The second-order valence-electron chi connectivity index (χ2n) is 8.29. The summed E-state index contributed by atoms with van der Waals surface area (Å²) < 4.78 is 65.2. The Morgan fingerprint density at radius 2 is 1.94 bits per heavy atom. The van der Waals surface area contributed by atoms with E-state index in [1.54, 1.807) is 31.2 Å². The molecule has 0 radical (unpaired) electrons. The maximum atomic E-state index is 14.0. The average Bonchev–Trinajstić information content (AvgIpc) is 3.17. The van der Waals surface area contributed by atoms with Crippen LogP contribution in [0.3, 0.4) is 0 Å². The number of nitrogens with one attached hydrogen (secondary N) is 3. The Hall–Kier alpha value is -3.42. The Kier molecular flexibility index (Phi) is 7.33. The Balaban J connectivity index is 1.53. The van der Waals surface area contributed by atoms with Crippen LogP contribution in [0.2, 0.25) is 0 Å². The molecule has 0 spiro atoms. The molecule has 3 N–H and O–H groups in total. The number of anilines is 4. The maximum absolute atomic E-state index is 14.0. The molecule has 0 atom stereocenters. The van der Waals surface area contributed by atoms with E-state index >= 15 is 0 Å². The van der Waals surface area contributed by atoms with Crippen LogP contribution in [0.1, 0.15) is 25.0 Å². The fourth-order valence-corrected chi connectivity index (χ4v) is 4.33. The number of piperidine rings is 1. The van der Waals surface area contributed by atoms with E-state index in [0.717, 1.165) is 17.5 Å². The zero-order valence-electron chi connectivity index (χ0n) is 19.0. The van der Waals surface area contributed by atoms with E-state index in [0.29, 0.717) is 35.3 Å². The second-order valence-corrected chi connectivity index (χ2v) is 9.33. The van der Waals surface area contributed by atoms with Gasteiger partial charge in [-0.3, -0.25) is 9.89 Å². The number of hydrogen-bond acceptors (Lipinski definition) is 7. The van der Waals surface area contributed by atoms with Gasteiger partial charge in [-0.05, 0) is 49.4 Å². The molecule has 3 aromatic rings. The molecule has 1 saturated heterocycles. The highest BCUT2D eigenvalue weighted by molar-refractivity contribution is 7.99. The fraction of sp³-hybridized carbons (Fsp3) is 0.364. The number of halogens is 5. The van der Waals surface area contributed by atoms with Crippen molar-refractivity contribution in [3.05, 3.63) is 42.1 Å². The van der Waals surface area contributed by atoms with Gasteiger partial charge < -0.3 is 15.5 Å². The zero-order chi connectivity index (χ0) is 25.9. The summed E-state index contributed by atoms with van der Waals surface area (Å²) in [4.78, 5) is 22.6. The highest BCUT2D eigenvalue weighted by atomic mass is 32.2. The van der Waals surface area contributed by atoms with E-state index in [4.69, 9.17) is 0 Å². The van der Waals surface area contributed by atoms with Crippen molar-refractivity contribution in [3.8, 4) is 0 Å². The third kappa shape index (κ3) is 7.29. The van der Waals surface area contributed by atoms with Crippen LogP contribution in [0.25, 0.3) is 0 Å². The molecule has 36 heavy (non-hydrogen) atoms. The predicted octanol–water partition coefficient (Wildman–Crippen LogP) is 5.53. The van der Waals surface area contributed by atoms with Crippen LogP contribution in [0.15, 0.2) is 46.5 Å². The lowest BCUT2D eigenvalue weighted by molar-refractivity contribution is -0.150. The second kappa shape index (κ2) is 10.3. The van der Waals surface area contributed by atoms with Crippen molar-refractivity contribution in [2.24, 2.45) is 0 Å². The first-order valence-corrected chi connectivity index (χ1v) is 11.7. The van der Waals surface area contributed by atoms with Crippen LogP contribution in [0.4, 0.5) is 45.1 Å². The van der Waals surface area contributed by atoms with Crippen molar-refractivity contribution in [3.63, 3.8) is 0 Å². The Morgan fingerprint density at radius 1 is 1.19 bits per heavy atom. The number of aryl methyl sites for hydroxylation is 1. The summed E-state index contributed by atoms with van der Waals surface area (Å²) in [6, 6.07) is 9.43. The van der Waals surface area contributed by atoms with Crippen molar-refractivity contribution >= 4 is 40.8 Å². The van der Waals surface area contributed by atoms with Gasteiger partial charge in [0.1, 0.15) is 23.9 Å². The molecule has 0 aliphatic carbocycles. The van der Waals surface area contributed by atoms with Crippen molar-refractivity contribution in [2.75, 3.05) is 28.6 Å². The molecule has 4 rings (SSSR count). The van der Waals surface area contributed by atoms with E-state index in [-0.39, 0.29) is 17.3 Å². The van der Waals surface area contributed by atoms with E-state index < -0.39 is 31.0 Å². The lowest BCUT2D eigenvalue weighted by Gasteiger charge is -2.33. The molecule has 0 unspecified atom stereocenters. The average molecular weight is 528 g/mol. The number of benzene rings is 1. The van der Waals surface area contributed by atoms with Crippen molar-refractivity contribution in [1.29, 1.82) is 0 Å². The summed E-state index contributed by atoms with van der Waals surface area (Å²) in [6.45, 7) is 1.77. The topological polar surface area (TPSA) is 98.8 Å². The molecule has 1 fully saturated rings. The van der Waals surface area contributed by atoms with Crippen LogP contribution in [-0.2, 0) is 4.79 Å². The van der Waals surface area contributed by atoms with Gasteiger partial charge in [-0.1, -0.05) is 0 Å². The number of hydrogen-bond donors (Lipinski definition) is 3. The minimum atomic E-state index is -4.60. The number of alkyl halides is 5. The van der Waals surface area contributed by atoms with Crippen molar-refractivity contribution in [2.45, 2.75) is 48.3 Å². The minimum Gasteiger partial charge on any atom is -0.350 e. The van der Waals surface area contributed by atoms with Crippen molar-refractivity contribution in [1.82, 2.24) is 20.2 Å². The molecule has 14 heteroatoms. The lowest BCUT2D eigenvalue weighted by Crippen LogP contribution is -2.43. The number of amides is 1. The Morgan fingerprint density at radius 3 is 2.58 bits per heavy atom. The monoisotopic (exact) mass is 527 g/mol. The van der Waals surface area contributed by atoms with E-state index in [1.807, 2.05) is 0 Å². The lowest BCUT2D eigenvalue weighted by atomic mass is 10.1. The van der Waals surface area contributed by atoms with Gasteiger partial charge in [-0.2, -0.15) is 18.3 Å². The first kappa shape index (κ1) is 25.7. The summed E-state index contributed by atoms with van der Waals surface area (Å²) in [5, 5.41) is 12.4. The Bertz CT molecular complexity index is 1220. The van der Waals surface area contributed by atoms with Gasteiger partial charge in [0.2, 0.25) is 5.91 Å². The zero-order valence-corrected chi connectivity index (χ0v) is 19.8. The standard InChI is InChI=1S/C22H22F5N7OS/c1-13-9-17(33-32-13)29-16-10-18(34-8-2-7-21(23,24)12-34)31-20(30-16)36-15-5-3-14(4-6-15)28-19(35)11-22(25,26)27/h3-6,9-10H,2,7-8,11-12H2,1H3,(H,28,35)(H2,29,30,31,32,33). The van der Waals surface area contributed by atoms with Crippen LogP contribution in [0, 0.1) is 6.92 Å². The summed E-state index contributed by atoms with van der Waals surface area (Å²) in [7, 11) is 0. The fourth-order valence-electron chi connectivity index (χ4n) is 3.57. The minimum absolute atomic E-state index is 0.180. The molecule has 1 amide bonds. The molecule has 1 aromatic carbocycles. The normalized spacial score (nSPS) is 15.6. The first-order valence-electron chi connectivity index (χ1n) is 10.9.